The number of thiophene rings is 2. The van der Waals surface area contributed by atoms with Crippen molar-refractivity contribution in [1.29, 1.82) is 0 Å². The van der Waals surface area contributed by atoms with E-state index in [1.165, 1.54) is 63.9 Å². The molecule has 0 amide bonds. The van der Waals surface area contributed by atoms with Crippen LogP contribution in [0.1, 0.15) is 42.9 Å². The summed E-state index contributed by atoms with van der Waals surface area (Å²) >= 11 is 5.56. The standard InChI is InChI=1S/C42H37PS2.Os/c1-4-16-39-27-29-41(44-39)42-30-28-40(45-42)26-25-34(31-35-18-15-17-33(35)5-2)32(3)43(36-19-9-6-10-20-36,37-21-11-7-12-22-37)38-23-13-8-14-24-38;/h4-14,16,19-31H,15,17-18H2,1-2H3;/q+1;/b16-4+,26-25+,33-5?,34-32?,35-31?;. The van der Waals surface area contributed by atoms with E-state index < -0.39 is 7.26 Å². The van der Waals surface area contributed by atoms with Crippen LogP contribution in [0.2, 0.25) is 0 Å². The minimum atomic E-state index is -2.31. The second-order valence-corrected chi connectivity index (χ2v) is 17.3. The van der Waals surface area contributed by atoms with Gasteiger partial charge >= 0.3 is 282 Å². The van der Waals surface area contributed by atoms with Gasteiger partial charge in [0.1, 0.15) is 0 Å². The third-order valence-corrected chi connectivity index (χ3v) is 16.1. The number of hydrogen-bond donors (Lipinski definition) is 0. The van der Waals surface area contributed by atoms with E-state index in [-0.39, 0.29) is 0 Å². The molecule has 1 aliphatic carbocycles. The topological polar surface area (TPSA) is 0 Å². The molecule has 0 radical (unpaired) electrons. The van der Waals surface area contributed by atoms with Gasteiger partial charge in [-0.15, -0.1) is 0 Å². The summed E-state index contributed by atoms with van der Waals surface area (Å²) in [7, 11) is -2.31. The summed E-state index contributed by atoms with van der Waals surface area (Å²) in [5.74, 6) is 0. The fourth-order valence-electron chi connectivity index (χ4n) is 6.25. The molecule has 2 heterocycles. The quantitative estimate of drug-likeness (QED) is 0.103. The van der Waals surface area contributed by atoms with Gasteiger partial charge in [0, 0.05) is 0 Å². The molecule has 1 saturated carbocycles. The molecule has 0 unspecified atom stereocenters. The molecule has 0 saturated heterocycles. The molecule has 0 nitrogen and oxygen atoms in total. The summed E-state index contributed by atoms with van der Waals surface area (Å²) in [6.07, 6.45) is 17.2. The zero-order valence-electron chi connectivity index (χ0n) is 26.2. The van der Waals surface area contributed by atoms with Crippen molar-refractivity contribution in [3.63, 3.8) is 0 Å². The Morgan fingerprint density at radius 2 is 1.15 bits per heavy atom. The summed E-state index contributed by atoms with van der Waals surface area (Å²) < 4.78 is 3.87. The Morgan fingerprint density at radius 3 is 1.63 bits per heavy atom. The van der Waals surface area contributed by atoms with Crippen molar-refractivity contribution < 1.29 is 17.9 Å². The molecule has 0 N–H and O–H groups in total. The van der Waals surface area contributed by atoms with E-state index in [4.69, 9.17) is 0 Å². The minimum absolute atomic E-state index is 1.11. The predicted octanol–water partition coefficient (Wildman–Crippen LogP) is 11.3. The van der Waals surface area contributed by atoms with Crippen molar-refractivity contribution in [2.24, 2.45) is 0 Å². The van der Waals surface area contributed by atoms with E-state index in [0.717, 1.165) is 12.8 Å². The molecular weight excluding hydrogens is 790 g/mol. The molecule has 46 heavy (non-hydrogen) atoms. The van der Waals surface area contributed by atoms with Crippen molar-refractivity contribution in [3.05, 3.63) is 171 Å². The van der Waals surface area contributed by atoms with Crippen LogP contribution in [0.25, 0.3) is 21.9 Å². The molecule has 0 bridgehead atoms. The Kier molecular flexibility index (Phi) is 10.9. The van der Waals surface area contributed by atoms with E-state index in [1.807, 2.05) is 40.6 Å². The normalized spacial score (nSPS) is 16.0. The average molecular weight is 827 g/mol. The van der Waals surface area contributed by atoms with Gasteiger partial charge in [0.15, 0.2) is 0 Å². The molecule has 0 aliphatic heterocycles. The molecule has 5 aromatic rings. The maximum absolute atomic E-state index is 3.87. The van der Waals surface area contributed by atoms with E-state index in [2.05, 4.69) is 170 Å². The third kappa shape index (κ3) is 6.83. The molecule has 1 aliphatic rings. The fourth-order valence-corrected chi connectivity index (χ4v) is 14.0. The summed E-state index contributed by atoms with van der Waals surface area (Å²) in [6, 6.07) is 42.4. The average Bonchev–Trinajstić information content (AvgIpc) is 3.89. The van der Waals surface area contributed by atoms with Gasteiger partial charge in [0.2, 0.25) is 0 Å². The van der Waals surface area contributed by atoms with Crippen LogP contribution >= 0.6 is 29.9 Å². The zero-order chi connectivity index (χ0) is 31.8. The molecule has 4 heteroatoms. The maximum atomic E-state index is 3.87. The van der Waals surface area contributed by atoms with Crippen LogP contribution in [-0.2, 0) is 17.9 Å². The van der Waals surface area contributed by atoms with Gasteiger partial charge in [-0.2, -0.15) is 0 Å². The Labute approximate surface area is 292 Å². The summed E-state index contributed by atoms with van der Waals surface area (Å²) in [4.78, 5) is 5.18. The van der Waals surface area contributed by atoms with Gasteiger partial charge < -0.3 is 0 Å². The monoisotopic (exact) mass is 828 g/mol. The van der Waals surface area contributed by atoms with Crippen LogP contribution in [0, 0.1) is 4.37 Å². The molecule has 6 rings (SSSR count). The second-order valence-electron chi connectivity index (χ2n) is 11.1. The van der Waals surface area contributed by atoms with Crippen molar-refractivity contribution in [2.75, 3.05) is 0 Å². The second kappa shape index (κ2) is 15.5. The van der Waals surface area contributed by atoms with E-state index in [0.29, 0.717) is 0 Å². The molecular formula is C42H37OsPS2+. The SMILES string of the molecule is CC=C1CCCC1=CC(/C=C/c1ccc(-c2ccc(/C=C/C)s2)s1)=C([C]#[Os])[P+](c1ccccc1)(c1ccccc1)c1ccccc1. The fraction of sp³-hybridized carbons (Fsp3) is 0.119. The van der Waals surface area contributed by atoms with Gasteiger partial charge in [-0.3, -0.25) is 0 Å². The van der Waals surface area contributed by atoms with Gasteiger partial charge in [0.25, 0.3) is 0 Å². The number of benzene rings is 3. The Morgan fingerprint density at radius 1 is 0.652 bits per heavy atom. The first-order valence-electron chi connectivity index (χ1n) is 15.7. The third-order valence-electron chi connectivity index (χ3n) is 8.36. The van der Waals surface area contributed by atoms with Gasteiger partial charge in [-0.25, -0.2) is 0 Å². The van der Waals surface area contributed by atoms with Crippen LogP contribution in [0.3, 0.4) is 0 Å². The van der Waals surface area contributed by atoms with Crippen LogP contribution in [0.4, 0.5) is 0 Å². The van der Waals surface area contributed by atoms with Crippen LogP contribution in [0.15, 0.2) is 162 Å². The molecule has 229 valence electrons. The number of hydrogen-bond acceptors (Lipinski definition) is 2. The first-order valence-corrected chi connectivity index (χ1v) is 20.4. The molecule has 1 fully saturated rings. The first kappa shape index (κ1) is 32.5. The Hall–Kier alpha value is -3.39. The summed E-state index contributed by atoms with van der Waals surface area (Å²) in [5, 5.41) is 5.32. The Bertz CT molecular complexity index is 1880. The predicted molar refractivity (Wildman–Crippen MR) is 203 cm³/mol. The van der Waals surface area contributed by atoms with E-state index in [9.17, 15) is 0 Å². The van der Waals surface area contributed by atoms with Gasteiger partial charge in [0.05, 0.1) is 0 Å². The number of rotatable bonds is 9. The van der Waals surface area contributed by atoms with Crippen molar-refractivity contribution in [1.82, 2.24) is 0 Å². The molecule has 2 aromatic heterocycles. The summed E-state index contributed by atoms with van der Waals surface area (Å²) in [6.45, 7) is 4.26. The van der Waals surface area contributed by atoms with Gasteiger partial charge in [-0.05, 0) is 6.92 Å². The van der Waals surface area contributed by atoms with Crippen molar-refractivity contribution in [3.8, 4) is 14.1 Å². The van der Waals surface area contributed by atoms with Crippen molar-refractivity contribution >= 4 is 58.0 Å². The van der Waals surface area contributed by atoms with Crippen LogP contribution in [0.5, 0.6) is 0 Å². The number of allylic oxidation sites excluding steroid dienone is 8. The zero-order valence-corrected chi connectivity index (χ0v) is 31.2. The van der Waals surface area contributed by atoms with E-state index >= 15 is 0 Å². The van der Waals surface area contributed by atoms with Crippen LogP contribution < -0.4 is 15.9 Å². The van der Waals surface area contributed by atoms with E-state index in [1.54, 1.807) is 0 Å². The summed E-state index contributed by atoms with van der Waals surface area (Å²) in [5.41, 5.74) is 4.17. The van der Waals surface area contributed by atoms with Crippen molar-refractivity contribution in [2.45, 2.75) is 33.1 Å². The molecule has 0 spiro atoms. The first-order chi connectivity index (χ1) is 22.7. The van der Waals surface area contributed by atoms with Crippen LogP contribution in [-0.4, -0.2) is 0 Å². The molecule has 3 aromatic carbocycles. The molecule has 0 atom stereocenters. The Balaban J connectivity index is 1.60. The van der Waals surface area contributed by atoms with Gasteiger partial charge in [-0.1, -0.05) is 6.08 Å².